The minimum Gasteiger partial charge on any atom is -0.352 e. The van der Waals surface area contributed by atoms with E-state index >= 15 is 0 Å². The summed E-state index contributed by atoms with van der Waals surface area (Å²) in [7, 11) is 0. The Bertz CT molecular complexity index is 720. The lowest BCUT2D eigenvalue weighted by Crippen LogP contribution is -2.35. The summed E-state index contributed by atoms with van der Waals surface area (Å²) in [6, 6.07) is 7.65. The topological polar surface area (TPSA) is 58.1 Å². The van der Waals surface area contributed by atoms with E-state index in [2.05, 4.69) is 27.1 Å². The normalized spacial score (nSPS) is 17.4. The van der Waals surface area contributed by atoms with E-state index in [4.69, 9.17) is 11.6 Å². The van der Waals surface area contributed by atoms with Crippen LogP contribution in [0.25, 0.3) is 0 Å². The molecule has 1 fully saturated rings. The molecule has 1 aliphatic heterocycles. The highest BCUT2D eigenvalue weighted by Gasteiger charge is 2.18. The predicted molar refractivity (Wildman–Crippen MR) is 100 cm³/mol. The molecule has 1 aromatic heterocycles. The number of hydrogen-bond acceptors (Lipinski definition) is 4. The molecule has 0 radical (unpaired) electrons. The highest BCUT2D eigenvalue weighted by molar-refractivity contribution is 6.30. The van der Waals surface area contributed by atoms with E-state index in [0.717, 1.165) is 31.5 Å². The zero-order valence-corrected chi connectivity index (χ0v) is 15.2. The first-order chi connectivity index (χ1) is 12.1. The van der Waals surface area contributed by atoms with Crippen LogP contribution in [0.2, 0.25) is 5.02 Å². The molecule has 3 rings (SSSR count). The molecule has 1 saturated heterocycles. The molecule has 0 bridgehead atoms. The minimum absolute atomic E-state index is 0.152. The van der Waals surface area contributed by atoms with Gasteiger partial charge in [0.2, 0.25) is 5.95 Å². The molecule has 1 unspecified atom stereocenters. The van der Waals surface area contributed by atoms with Crippen molar-refractivity contribution in [2.75, 3.05) is 24.5 Å². The fourth-order valence-corrected chi connectivity index (χ4v) is 3.30. The van der Waals surface area contributed by atoms with Crippen molar-refractivity contribution in [3.63, 3.8) is 0 Å². The highest BCUT2D eigenvalue weighted by atomic mass is 35.5. The van der Waals surface area contributed by atoms with Crippen LogP contribution in [0.3, 0.4) is 0 Å². The van der Waals surface area contributed by atoms with E-state index in [1.54, 1.807) is 12.4 Å². The molecule has 1 N–H and O–H groups in total. The third-order valence-electron chi connectivity index (χ3n) is 4.43. The van der Waals surface area contributed by atoms with Crippen molar-refractivity contribution in [3.05, 3.63) is 52.8 Å². The number of benzene rings is 1. The molecular weight excluding hydrogens is 336 g/mol. The van der Waals surface area contributed by atoms with Gasteiger partial charge in [-0.15, -0.1) is 0 Å². The first kappa shape index (κ1) is 17.7. The van der Waals surface area contributed by atoms with Gasteiger partial charge in [-0.1, -0.05) is 30.7 Å². The largest absolute Gasteiger partial charge is 0.352 e. The first-order valence-corrected chi connectivity index (χ1v) is 9.09. The Morgan fingerprint density at radius 3 is 2.88 bits per heavy atom. The van der Waals surface area contributed by atoms with Gasteiger partial charge in [-0.25, -0.2) is 9.97 Å². The van der Waals surface area contributed by atoms with Crippen molar-refractivity contribution in [3.8, 4) is 0 Å². The van der Waals surface area contributed by atoms with Gasteiger partial charge in [-0.2, -0.15) is 0 Å². The Balaban J connectivity index is 1.52. The standard InChI is InChI=1S/C19H23ClN4O/c1-14-4-3-9-24(13-14)19-22-11-16(12-23-19)18(25)21-8-7-15-5-2-6-17(20)10-15/h2,5-6,10-12,14H,3-4,7-9,13H2,1H3,(H,21,25). The van der Waals surface area contributed by atoms with Gasteiger partial charge in [-0.05, 0) is 42.9 Å². The maximum Gasteiger partial charge on any atom is 0.254 e. The average molecular weight is 359 g/mol. The Morgan fingerprint density at radius 1 is 1.36 bits per heavy atom. The van der Waals surface area contributed by atoms with Gasteiger partial charge in [0.15, 0.2) is 0 Å². The molecule has 1 aliphatic rings. The molecule has 0 saturated carbocycles. The third kappa shape index (κ3) is 4.92. The number of piperidine rings is 1. The summed E-state index contributed by atoms with van der Waals surface area (Å²) in [5, 5.41) is 3.61. The second-order valence-electron chi connectivity index (χ2n) is 6.60. The fraction of sp³-hybridized carbons (Fsp3) is 0.421. The molecule has 132 valence electrons. The molecule has 0 spiro atoms. The second kappa shape index (κ2) is 8.30. The van der Waals surface area contributed by atoms with Gasteiger partial charge in [-0.3, -0.25) is 4.79 Å². The minimum atomic E-state index is -0.152. The van der Waals surface area contributed by atoms with Gasteiger partial charge >= 0.3 is 0 Å². The number of nitrogens with zero attached hydrogens (tertiary/aromatic N) is 3. The summed E-state index contributed by atoms with van der Waals surface area (Å²) in [5.74, 6) is 1.22. The summed E-state index contributed by atoms with van der Waals surface area (Å²) in [6.45, 7) is 4.75. The molecule has 0 aliphatic carbocycles. The van der Waals surface area contributed by atoms with Crippen LogP contribution in [-0.2, 0) is 6.42 Å². The van der Waals surface area contributed by atoms with Crippen LogP contribution >= 0.6 is 11.6 Å². The number of rotatable bonds is 5. The highest BCUT2D eigenvalue weighted by Crippen LogP contribution is 2.19. The zero-order chi connectivity index (χ0) is 17.6. The average Bonchev–Trinajstić information content (AvgIpc) is 2.62. The molecule has 25 heavy (non-hydrogen) atoms. The second-order valence-corrected chi connectivity index (χ2v) is 7.04. The molecule has 6 heteroatoms. The van der Waals surface area contributed by atoms with Crippen molar-refractivity contribution in [1.29, 1.82) is 0 Å². The van der Waals surface area contributed by atoms with Gasteiger partial charge in [0, 0.05) is 37.1 Å². The Morgan fingerprint density at radius 2 is 2.16 bits per heavy atom. The smallest absolute Gasteiger partial charge is 0.254 e. The summed E-state index contributed by atoms with van der Waals surface area (Å²) >= 11 is 5.96. The molecule has 1 atom stereocenters. The van der Waals surface area contributed by atoms with Crippen LogP contribution in [0.5, 0.6) is 0 Å². The van der Waals surface area contributed by atoms with Gasteiger partial charge in [0.05, 0.1) is 5.56 Å². The number of carbonyl (C=O) groups is 1. The van der Waals surface area contributed by atoms with Crippen LogP contribution < -0.4 is 10.2 Å². The number of nitrogens with one attached hydrogen (secondary N) is 1. The third-order valence-corrected chi connectivity index (χ3v) is 4.66. The molecule has 1 amide bonds. The van der Waals surface area contributed by atoms with Crippen molar-refractivity contribution >= 4 is 23.5 Å². The Labute approximate surface area is 153 Å². The van der Waals surface area contributed by atoms with Gasteiger partial charge < -0.3 is 10.2 Å². The van der Waals surface area contributed by atoms with Gasteiger partial charge in [0.1, 0.15) is 0 Å². The SMILES string of the molecule is CC1CCCN(c2ncc(C(=O)NCCc3cccc(Cl)c3)cn2)C1. The molecule has 5 nitrogen and oxygen atoms in total. The number of halogens is 1. The van der Waals surface area contributed by atoms with Crippen LogP contribution in [0, 0.1) is 5.92 Å². The number of carbonyl (C=O) groups excluding carboxylic acids is 1. The number of amides is 1. The predicted octanol–water partition coefficient (Wildman–Crippen LogP) is 3.34. The zero-order valence-electron chi connectivity index (χ0n) is 14.4. The van der Waals surface area contributed by atoms with Crippen molar-refractivity contribution in [1.82, 2.24) is 15.3 Å². The summed E-state index contributed by atoms with van der Waals surface area (Å²) in [5.41, 5.74) is 1.58. The summed E-state index contributed by atoms with van der Waals surface area (Å²) < 4.78 is 0. The molecule has 2 heterocycles. The monoisotopic (exact) mass is 358 g/mol. The molecule has 2 aromatic rings. The number of aromatic nitrogens is 2. The lowest BCUT2D eigenvalue weighted by Gasteiger charge is -2.30. The number of hydrogen-bond donors (Lipinski definition) is 1. The van der Waals surface area contributed by atoms with Gasteiger partial charge in [0.25, 0.3) is 5.91 Å². The van der Waals surface area contributed by atoms with E-state index < -0.39 is 0 Å². The van der Waals surface area contributed by atoms with Crippen LogP contribution in [0.4, 0.5) is 5.95 Å². The maximum atomic E-state index is 12.2. The summed E-state index contributed by atoms with van der Waals surface area (Å²) in [6.07, 6.45) is 6.36. The lowest BCUT2D eigenvalue weighted by atomic mass is 10.0. The Hall–Kier alpha value is -2.14. The van der Waals surface area contributed by atoms with Crippen LogP contribution in [0.15, 0.2) is 36.7 Å². The van der Waals surface area contributed by atoms with Crippen molar-refractivity contribution in [2.45, 2.75) is 26.2 Å². The van der Waals surface area contributed by atoms with E-state index in [-0.39, 0.29) is 5.91 Å². The first-order valence-electron chi connectivity index (χ1n) is 8.71. The lowest BCUT2D eigenvalue weighted by molar-refractivity contribution is 0.0953. The van der Waals surface area contributed by atoms with Crippen molar-refractivity contribution < 1.29 is 4.79 Å². The van der Waals surface area contributed by atoms with Crippen LogP contribution in [-0.4, -0.2) is 35.5 Å². The quantitative estimate of drug-likeness (QED) is 0.890. The van der Waals surface area contributed by atoms with E-state index in [1.165, 1.54) is 6.42 Å². The van der Waals surface area contributed by atoms with Crippen LogP contribution in [0.1, 0.15) is 35.7 Å². The molecule has 1 aromatic carbocycles. The Kier molecular flexibility index (Phi) is 5.87. The number of anilines is 1. The van der Waals surface area contributed by atoms with Crippen molar-refractivity contribution in [2.24, 2.45) is 5.92 Å². The van der Waals surface area contributed by atoms with E-state index in [1.807, 2.05) is 24.3 Å². The van der Waals surface area contributed by atoms with E-state index in [9.17, 15) is 4.79 Å². The fourth-order valence-electron chi connectivity index (χ4n) is 3.09. The summed E-state index contributed by atoms with van der Waals surface area (Å²) in [4.78, 5) is 23.1. The maximum absolute atomic E-state index is 12.2. The molecular formula is C19H23ClN4O. The van der Waals surface area contributed by atoms with E-state index in [0.29, 0.717) is 29.0 Å².